The Morgan fingerprint density at radius 2 is 1.80 bits per heavy atom. The van der Waals surface area contributed by atoms with Gasteiger partial charge >= 0.3 is 0 Å². The molecular formula is C28H34N2O14S. The van der Waals surface area contributed by atoms with Crippen molar-refractivity contribution in [1.82, 2.24) is 11.6 Å². The van der Waals surface area contributed by atoms with Crippen LogP contribution in [0, 0.1) is 0 Å². The number of phenols is 2. The highest BCUT2D eigenvalue weighted by atomic mass is 32.2. The number of aliphatic hydroxyl groups is 3. The van der Waals surface area contributed by atoms with Crippen LogP contribution in [0.2, 0.25) is 0 Å². The zero-order valence-corrected chi connectivity index (χ0v) is 25.3. The molecule has 0 aromatic heterocycles. The maximum Gasteiger partial charge on any atom is 0.280 e. The van der Waals surface area contributed by atoms with Crippen LogP contribution in [0.15, 0.2) is 18.2 Å². The number of Topliss-reactive ketones (excluding diaryl/α,β-unsaturated/α-hetero) is 1. The second-order valence-corrected chi connectivity index (χ2v) is 12.6. The first-order valence-electron chi connectivity index (χ1n) is 13.5. The lowest BCUT2D eigenvalue weighted by atomic mass is 9.72. The minimum Gasteiger partial charge on any atom is -0.507 e. The molecule has 1 fully saturated rings. The molecule has 45 heavy (non-hydrogen) atoms. The minimum atomic E-state index is -3.96. The van der Waals surface area contributed by atoms with Crippen molar-refractivity contribution < 1.29 is 66.8 Å². The van der Waals surface area contributed by atoms with E-state index >= 15 is 0 Å². The summed E-state index contributed by atoms with van der Waals surface area (Å²) in [5, 5.41) is 54.4. The fraction of sp³-hybridized carbons (Fsp3) is 0.464. The summed E-state index contributed by atoms with van der Waals surface area (Å²) < 4.78 is 44.6. The first-order valence-corrected chi connectivity index (χ1v) is 15.3. The highest BCUT2D eigenvalue weighted by molar-refractivity contribution is 7.85. The first-order chi connectivity index (χ1) is 20.6. The van der Waals surface area contributed by atoms with Gasteiger partial charge in [-0.1, -0.05) is 12.1 Å². The number of hydroxylamine groups is 1. The van der Waals surface area contributed by atoms with Gasteiger partial charge in [0.05, 0.1) is 54.4 Å². The van der Waals surface area contributed by atoms with E-state index in [9.17, 15) is 48.3 Å². The monoisotopic (exact) mass is 654 g/mol. The Hall–Kier alpha value is -3.52. The van der Waals surface area contributed by atoms with E-state index in [-0.39, 0.29) is 40.6 Å². The maximum atomic E-state index is 13.7. The molecule has 0 bridgehead atoms. The fourth-order valence-corrected chi connectivity index (χ4v) is 6.28. The zero-order valence-electron chi connectivity index (χ0n) is 24.5. The van der Waals surface area contributed by atoms with Gasteiger partial charge in [-0.05, 0) is 13.0 Å². The van der Waals surface area contributed by atoms with Crippen molar-refractivity contribution in [1.29, 1.82) is 0 Å². The number of fused-ring (bicyclic) bond motifs is 3. The van der Waals surface area contributed by atoms with Crippen LogP contribution in [-0.2, 0) is 35.1 Å². The van der Waals surface area contributed by atoms with Crippen molar-refractivity contribution in [3.8, 4) is 17.2 Å². The summed E-state index contributed by atoms with van der Waals surface area (Å²) in [6.45, 7) is 0.378. The van der Waals surface area contributed by atoms with Crippen LogP contribution in [0.25, 0.3) is 0 Å². The highest BCUT2D eigenvalue weighted by Gasteiger charge is 2.50. The molecule has 1 aliphatic heterocycles. The van der Waals surface area contributed by atoms with E-state index in [1.807, 2.05) is 0 Å². The number of nitrogens with one attached hydrogen (secondary N) is 1. The van der Waals surface area contributed by atoms with Gasteiger partial charge in [0.15, 0.2) is 17.9 Å². The third-order valence-electron chi connectivity index (χ3n) is 8.11. The molecule has 0 saturated carbocycles. The van der Waals surface area contributed by atoms with Gasteiger partial charge in [-0.15, -0.1) is 0 Å². The second-order valence-electron chi connectivity index (χ2n) is 11.0. The fourth-order valence-electron chi connectivity index (χ4n) is 5.98. The number of carbonyl (C=O) groups is 3. The van der Waals surface area contributed by atoms with Crippen LogP contribution < -0.4 is 16.4 Å². The quantitative estimate of drug-likeness (QED) is 0.121. The molecular weight excluding hydrogens is 620 g/mol. The Morgan fingerprint density at radius 1 is 1.13 bits per heavy atom. The molecule has 0 amide bonds. The number of rotatable bonds is 8. The Kier molecular flexibility index (Phi) is 9.43. The number of phenolic OH excluding ortho intramolecular Hbond substituents is 2. The third-order valence-corrected chi connectivity index (χ3v) is 8.51. The lowest BCUT2D eigenvalue weighted by Gasteiger charge is -2.42. The van der Waals surface area contributed by atoms with E-state index in [0.29, 0.717) is 0 Å². The van der Waals surface area contributed by atoms with Crippen LogP contribution in [0.4, 0.5) is 0 Å². The van der Waals surface area contributed by atoms with E-state index in [2.05, 4.69) is 9.76 Å². The number of benzene rings is 2. The van der Waals surface area contributed by atoms with E-state index in [4.69, 9.17) is 14.2 Å². The van der Waals surface area contributed by atoms with Crippen LogP contribution in [-0.4, -0.2) is 101 Å². The van der Waals surface area contributed by atoms with E-state index in [1.54, 1.807) is 0 Å². The molecule has 0 radical (unpaired) electrons. The number of methoxy groups -OCH3 is 1. The standard InChI is InChI=1S/C28H31NO14S.H3N/c1-11-23(32)14(29-43-44(3,38)39)7-18(41-11)42-16-9-28(37,17(31)10-30)8-13-20(16)27(36)22-21(25(13)34)24(33)12-5-4-6-15(40-2)19(12)26(22)35;/h4-6,11,14,16,18,23,29-30,32,34,36-37H,7-10H2,1-3H3;1H3/t11?,14?,16-,18?,23?,28-;/m0./s1. The molecule has 16 nitrogen and oxygen atoms in total. The normalized spacial score (nSPS) is 27.6. The lowest BCUT2D eigenvalue weighted by Crippen LogP contribution is -2.54. The van der Waals surface area contributed by atoms with Crippen LogP contribution in [0.5, 0.6) is 17.2 Å². The third kappa shape index (κ3) is 5.94. The first kappa shape index (κ1) is 34.4. The Morgan fingerprint density at radius 3 is 2.42 bits per heavy atom. The largest absolute Gasteiger partial charge is 0.507 e. The summed E-state index contributed by atoms with van der Waals surface area (Å²) >= 11 is 0. The van der Waals surface area contributed by atoms with Crippen LogP contribution in [0.3, 0.4) is 0 Å². The number of ketones is 3. The number of ether oxygens (including phenoxy) is 3. The van der Waals surface area contributed by atoms with Crippen LogP contribution >= 0.6 is 0 Å². The summed E-state index contributed by atoms with van der Waals surface area (Å²) in [5.74, 6) is -4.15. The molecule has 5 rings (SSSR count). The molecule has 2 aliphatic carbocycles. The van der Waals surface area contributed by atoms with Gasteiger partial charge in [-0.25, -0.2) is 0 Å². The number of carbonyl (C=O) groups excluding carboxylic acids is 3. The molecule has 9 N–H and O–H groups in total. The molecule has 4 unspecified atom stereocenters. The van der Waals surface area contributed by atoms with E-state index < -0.39 is 106 Å². The number of aromatic hydroxyl groups is 2. The van der Waals surface area contributed by atoms with Crippen molar-refractivity contribution in [2.24, 2.45) is 0 Å². The van der Waals surface area contributed by atoms with Crippen molar-refractivity contribution in [2.45, 2.75) is 62.4 Å². The molecule has 2 aromatic carbocycles. The van der Waals surface area contributed by atoms with Gasteiger partial charge in [0.1, 0.15) is 29.5 Å². The zero-order chi connectivity index (χ0) is 32.3. The minimum absolute atomic E-state index is 0. The smallest absolute Gasteiger partial charge is 0.280 e. The van der Waals surface area contributed by atoms with Gasteiger partial charge in [0, 0.05) is 36.0 Å². The molecule has 17 heteroatoms. The van der Waals surface area contributed by atoms with E-state index in [1.165, 1.54) is 32.2 Å². The summed E-state index contributed by atoms with van der Waals surface area (Å²) in [7, 11) is -2.67. The summed E-state index contributed by atoms with van der Waals surface area (Å²) in [4.78, 5) is 40.0. The Balaban J connectivity index is 0.00000461. The number of hydrogen-bond acceptors (Lipinski definition) is 16. The molecule has 2 aromatic rings. The van der Waals surface area contributed by atoms with Gasteiger partial charge in [-0.3, -0.25) is 14.4 Å². The van der Waals surface area contributed by atoms with Gasteiger partial charge in [0.2, 0.25) is 5.78 Å². The second kappa shape index (κ2) is 12.3. The topological polar surface area (TPSA) is 270 Å². The molecule has 0 spiro atoms. The summed E-state index contributed by atoms with van der Waals surface area (Å²) in [6, 6.07) is 3.22. The average molecular weight is 655 g/mol. The Bertz CT molecular complexity index is 1660. The average Bonchev–Trinajstić information content (AvgIpc) is 2.97. The maximum absolute atomic E-state index is 13.7. The predicted molar refractivity (Wildman–Crippen MR) is 152 cm³/mol. The lowest BCUT2D eigenvalue weighted by molar-refractivity contribution is -0.254. The van der Waals surface area contributed by atoms with Crippen molar-refractivity contribution in [3.05, 3.63) is 51.6 Å². The SMILES string of the molecule is COc1cccc2c1C(=O)c1c(O)c3c(c(O)c1C2=O)C[C@@](O)(C(=O)CO)C[C@@H]3OC1CC(NOS(C)(=O)=O)C(O)C(C)O1.N. The van der Waals surface area contributed by atoms with E-state index in [0.717, 1.165) is 6.26 Å². The van der Waals surface area contributed by atoms with Crippen molar-refractivity contribution in [3.63, 3.8) is 0 Å². The van der Waals surface area contributed by atoms with Crippen LogP contribution in [0.1, 0.15) is 68.8 Å². The van der Waals surface area contributed by atoms with Gasteiger partial charge < -0.3 is 45.9 Å². The summed E-state index contributed by atoms with van der Waals surface area (Å²) in [6.07, 6.45) is -5.66. The van der Waals surface area contributed by atoms with Crippen molar-refractivity contribution in [2.75, 3.05) is 20.0 Å². The summed E-state index contributed by atoms with van der Waals surface area (Å²) in [5.41, 5.74) is -1.89. The molecule has 6 atom stereocenters. The predicted octanol–water partition coefficient (Wildman–Crippen LogP) is -0.315. The van der Waals surface area contributed by atoms with Crippen molar-refractivity contribution >= 4 is 27.5 Å². The Labute approximate surface area is 257 Å². The van der Waals surface area contributed by atoms with Gasteiger partial charge in [-0.2, -0.15) is 18.2 Å². The molecule has 1 heterocycles. The molecule has 246 valence electrons. The highest BCUT2D eigenvalue weighted by Crippen LogP contribution is 2.52. The van der Waals surface area contributed by atoms with Gasteiger partial charge in [0.25, 0.3) is 10.1 Å². The molecule has 3 aliphatic rings. The molecule has 1 saturated heterocycles. The number of aliphatic hydroxyl groups excluding tert-OH is 2. The number of hydrogen-bond donors (Lipinski definition) is 7.